The predicted molar refractivity (Wildman–Crippen MR) is 123 cm³/mol. The summed E-state index contributed by atoms with van der Waals surface area (Å²) < 4.78 is 21.4. The zero-order valence-electron chi connectivity index (χ0n) is 17.1. The summed E-state index contributed by atoms with van der Waals surface area (Å²) in [5.41, 5.74) is 2.76. The summed E-state index contributed by atoms with van der Waals surface area (Å²) in [5, 5.41) is 14.6. The van der Waals surface area contributed by atoms with Crippen molar-refractivity contribution in [2.45, 2.75) is 6.54 Å². The van der Waals surface area contributed by atoms with Gasteiger partial charge < -0.3 is 14.8 Å². The molecule has 0 spiro atoms. The topological polar surface area (TPSA) is 79.5 Å². The Balaban J connectivity index is 2.02. The number of carboxylic acids is 1. The SMILES string of the molecule is CNCc1ccc2c(-c3ccccc3C(=O)O)c3cc(F)c4cc(=O)ccc4c3oc2c1. The van der Waals surface area contributed by atoms with Crippen molar-refractivity contribution in [2.24, 2.45) is 0 Å². The highest BCUT2D eigenvalue weighted by atomic mass is 19.1. The van der Waals surface area contributed by atoms with Crippen LogP contribution >= 0.6 is 0 Å². The van der Waals surface area contributed by atoms with Gasteiger partial charge in [0.25, 0.3) is 0 Å². The number of hydrogen-bond donors (Lipinski definition) is 2. The number of rotatable bonds is 4. The van der Waals surface area contributed by atoms with Gasteiger partial charge in [0, 0.05) is 33.7 Å². The lowest BCUT2D eigenvalue weighted by molar-refractivity contribution is 0.0697. The highest BCUT2D eigenvalue weighted by Gasteiger charge is 2.20. The van der Waals surface area contributed by atoms with E-state index in [2.05, 4.69) is 5.32 Å². The molecular weight excluding hydrogens is 409 g/mol. The molecule has 5 rings (SSSR count). The minimum atomic E-state index is -1.08. The molecule has 0 atom stereocenters. The lowest BCUT2D eigenvalue weighted by Crippen LogP contribution is -2.05. The van der Waals surface area contributed by atoms with Gasteiger partial charge in [0.05, 0.1) is 5.56 Å². The third-order valence-electron chi connectivity index (χ3n) is 5.61. The number of benzene rings is 4. The molecule has 0 bridgehead atoms. The minimum Gasteiger partial charge on any atom is -0.478 e. The van der Waals surface area contributed by atoms with Crippen LogP contribution in [0.4, 0.5) is 4.39 Å². The van der Waals surface area contributed by atoms with E-state index >= 15 is 4.39 Å². The number of hydrogen-bond acceptors (Lipinski definition) is 4. The van der Waals surface area contributed by atoms with E-state index < -0.39 is 11.8 Å². The van der Waals surface area contributed by atoms with Gasteiger partial charge in [-0.25, -0.2) is 9.18 Å². The van der Waals surface area contributed by atoms with Crippen LogP contribution < -0.4 is 10.7 Å². The summed E-state index contributed by atoms with van der Waals surface area (Å²) in [5.74, 6) is -1.65. The quantitative estimate of drug-likeness (QED) is 0.300. The van der Waals surface area contributed by atoms with E-state index in [1.165, 1.54) is 24.3 Å². The van der Waals surface area contributed by atoms with Crippen molar-refractivity contribution in [3.05, 3.63) is 93.9 Å². The fourth-order valence-electron chi connectivity index (χ4n) is 4.23. The van der Waals surface area contributed by atoms with Gasteiger partial charge in [-0.1, -0.05) is 30.3 Å². The molecule has 2 N–H and O–H groups in total. The molecule has 158 valence electrons. The zero-order valence-corrected chi connectivity index (χ0v) is 17.1. The van der Waals surface area contributed by atoms with Gasteiger partial charge in [-0.15, -0.1) is 0 Å². The first kappa shape index (κ1) is 19.9. The summed E-state index contributed by atoms with van der Waals surface area (Å²) in [6.45, 7) is 0.619. The van der Waals surface area contributed by atoms with Crippen molar-refractivity contribution in [3.63, 3.8) is 0 Å². The van der Waals surface area contributed by atoms with E-state index in [4.69, 9.17) is 4.42 Å². The predicted octanol–water partition coefficient (Wildman–Crippen LogP) is 5.32. The van der Waals surface area contributed by atoms with Crippen LogP contribution in [-0.4, -0.2) is 18.1 Å². The number of fused-ring (bicyclic) bond motifs is 4. The van der Waals surface area contributed by atoms with Crippen LogP contribution in [0.1, 0.15) is 15.9 Å². The van der Waals surface area contributed by atoms with Crippen LogP contribution in [0.2, 0.25) is 0 Å². The molecule has 0 amide bonds. The second kappa shape index (κ2) is 7.59. The zero-order chi connectivity index (χ0) is 22.4. The van der Waals surface area contributed by atoms with Crippen LogP contribution in [0, 0.1) is 5.82 Å². The number of halogens is 1. The monoisotopic (exact) mass is 427 g/mol. The summed E-state index contributed by atoms with van der Waals surface area (Å²) >= 11 is 0. The number of carboxylic acid groups (broad SMARTS) is 1. The maximum atomic E-state index is 15.1. The Morgan fingerprint density at radius 1 is 0.969 bits per heavy atom. The molecule has 5 nitrogen and oxygen atoms in total. The highest BCUT2D eigenvalue weighted by Crippen LogP contribution is 2.41. The minimum absolute atomic E-state index is 0.107. The van der Waals surface area contributed by atoms with Gasteiger partial charge in [-0.2, -0.15) is 0 Å². The third-order valence-corrected chi connectivity index (χ3v) is 5.61. The lowest BCUT2D eigenvalue weighted by Gasteiger charge is -2.15. The smallest absolute Gasteiger partial charge is 0.336 e. The van der Waals surface area contributed by atoms with E-state index in [0.29, 0.717) is 45.0 Å². The van der Waals surface area contributed by atoms with Crippen molar-refractivity contribution >= 4 is 38.7 Å². The standard InChI is InChI=1S/C26H18FNO4/c1-28-13-14-6-8-19-23(10-14)32-25-17-9-7-15(29)11-20(17)22(27)12-21(25)24(19)16-4-2-3-5-18(16)26(30)31/h2-12,28H,13H2,1H3,(H,30,31). The van der Waals surface area contributed by atoms with Crippen LogP contribution in [0.15, 0.2) is 75.9 Å². The van der Waals surface area contributed by atoms with Crippen molar-refractivity contribution < 1.29 is 18.7 Å². The normalized spacial score (nSPS) is 11.4. The lowest BCUT2D eigenvalue weighted by atomic mass is 9.91. The molecule has 1 aromatic heterocycles. The maximum absolute atomic E-state index is 15.1. The molecule has 6 heteroatoms. The third kappa shape index (κ3) is 3.13. The van der Waals surface area contributed by atoms with Gasteiger partial charge >= 0.3 is 5.97 Å². The van der Waals surface area contributed by atoms with Crippen molar-refractivity contribution in [1.82, 2.24) is 5.32 Å². The number of nitrogens with one attached hydrogen (secondary N) is 1. The molecule has 0 radical (unpaired) electrons. The molecule has 5 aromatic rings. The van der Waals surface area contributed by atoms with Gasteiger partial charge in [-0.3, -0.25) is 4.79 Å². The highest BCUT2D eigenvalue weighted by molar-refractivity contribution is 6.17. The first-order chi connectivity index (χ1) is 15.5. The van der Waals surface area contributed by atoms with Crippen LogP contribution in [0.5, 0.6) is 0 Å². The molecule has 32 heavy (non-hydrogen) atoms. The number of carbonyl (C=O) groups is 1. The molecule has 0 unspecified atom stereocenters. The van der Waals surface area contributed by atoms with Crippen LogP contribution in [0.25, 0.3) is 43.8 Å². The average molecular weight is 427 g/mol. The molecule has 1 heterocycles. The van der Waals surface area contributed by atoms with Crippen LogP contribution in [-0.2, 0) is 6.54 Å². The van der Waals surface area contributed by atoms with Gasteiger partial charge in [0.1, 0.15) is 17.0 Å². The van der Waals surface area contributed by atoms with E-state index in [0.717, 1.165) is 5.56 Å². The molecule has 0 aliphatic carbocycles. The number of aromatic carboxylic acids is 1. The summed E-state index contributed by atoms with van der Waals surface area (Å²) in [6.07, 6.45) is 0. The first-order valence-electron chi connectivity index (χ1n) is 10.1. The molecule has 0 fully saturated rings. The Morgan fingerprint density at radius 3 is 2.53 bits per heavy atom. The molecular formula is C26H18FNO4. The average Bonchev–Trinajstić information content (AvgIpc) is 2.78. The largest absolute Gasteiger partial charge is 0.478 e. The molecule has 0 aliphatic rings. The second-order valence-corrected chi connectivity index (χ2v) is 7.63. The Kier molecular flexibility index (Phi) is 4.72. The van der Waals surface area contributed by atoms with E-state index in [1.807, 2.05) is 25.2 Å². The molecule has 0 saturated heterocycles. The van der Waals surface area contributed by atoms with Crippen molar-refractivity contribution in [2.75, 3.05) is 7.05 Å². The van der Waals surface area contributed by atoms with Crippen LogP contribution in [0.3, 0.4) is 0 Å². The molecule has 4 aromatic carbocycles. The summed E-state index contributed by atoms with van der Waals surface area (Å²) in [4.78, 5) is 23.8. The Bertz CT molecular complexity index is 1600. The Hall–Kier alpha value is -4.03. The molecule has 0 saturated carbocycles. The van der Waals surface area contributed by atoms with Gasteiger partial charge in [0.2, 0.25) is 0 Å². The van der Waals surface area contributed by atoms with E-state index in [-0.39, 0.29) is 16.4 Å². The Labute approximate surface area is 181 Å². The van der Waals surface area contributed by atoms with Gasteiger partial charge in [0.15, 0.2) is 5.43 Å². The summed E-state index contributed by atoms with van der Waals surface area (Å²) in [6, 6.07) is 17.8. The molecule has 0 aliphatic heterocycles. The fraction of sp³-hybridized carbons (Fsp3) is 0.0769. The van der Waals surface area contributed by atoms with Gasteiger partial charge in [-0.05, 0) is 54.6 Å². The van der Waals surface area contributed by atoms with Crippen molar-refractivity contribution in [1.29, 1.82) is 0 Å². The van der Waals surface area contributed by atoms with Crippen molar-refractivity contribution in [3.8, 4) is 11.1 Å². The van der Waals surface area contributed by atoms with E-state index in [9.17, 15) is 14.7 Å². The fourth-order valence-corrected chi connectivity index (χ4v) is 4.23. The second-order valence-electron chi connectivity index (χ2n) is 7.63. The first-order valence-corrected chi connectivity index (χ1v) is 10.1. The summed E-state index contributed by atoms with van der Waals surface area (Å²) in [7, 11) is 1.84. The van der Waals surface area contributed by atoms with E-state index in [1.54, 1.807) is 24.3 Å². The maximum Gasteiger partial charge on any atom is 0.336 e. The Morgan fingerprint density at radius 2 is 1.75 bits per heavy atom.